The molecule has 0 bridgehead atoms. The summed E-state index contributed by atoms with van der Waals surface area (Å²) in [5.41, 5.74) is 5.14. The van der Waals surface area contributed by atoms with E-state index in [1.165, 1.54) is 24.1 Å². The molecule has 0 amide bonds. The van der Waals surface area contributed by atoms with Gasteiger partial charge >= 0.3 is 5.97 Å². The van der Waals surface area contributed by atoms with Crippen LogP contribution in [-0.4, -0.2) is 28.0 Å². The monoisotopic (exact) mass is 486 g/mol. The molecule has 1 atom stereocenters. The Morgan fingerprint density at radius 2 is 2.03 bits per heavy atom. The van der Waals surface area contributed by atoms with Gasteiger partial charge in [0.2, 0.25) is 0 Å². The Hall–Kier alpha value is -2.78. The zero-order chi connectivity index (χ0) is 23.7. The smallest absolute Gasteiger partial charge is 0.341 e. The van der Waals surface area contributed by atoms with Gasteiger partial charge in [0.25, 0.3) is 0 Å². The minimum absolute atomic E-state index is 0.262. The summed E-state index contributed by atoms with van der Waals surface area (Å²) in [6, 6.07) is 6.39. The van der Waals surface area contributed by atoms with E-state index in [1.54, 1.807) is 23.5 Å². The molecule has 2 heterocycles. The number of nitrogens with zero attached hydrogens (tertiary/aromatic N) is 2. The average Bonchev–Trinajstić information content (AvgIpc) is 3.25. The van der Waals surface area contributed by atoms with Crippen LogP contribution >= 0.6 is 23.6 Å². The van der Waals surface area contributed by atoms with Crippen LogP contribution in [-0.2, 0) is 24.1 Å². The van der Waals surface area contributed by atoms with Gasteiger partial charge < -0.3 is 15.4 Å². The molecule has 2 N–H and O–H groups in total. The molecule has 1 aliphatic carbocycles. The van der Waals surface area contributed by atoms with Crippen molar-refractivity contribution in [3.8, 4) is 0 Å². The fourth-order valence-corrected chi connectivity index (χ4v) is 5.87. The quantitative estimate of drug-likeness (QED) is 0.368. The number of anilines is 2. The molecule has 4 rings (SSSR count). The van der Waals surface area contributed by atoms with Gasteiger partial charge in [-0.05, 0) is 74.5 Å². The summed E-state index contributed by atoms with van der Waals surface area (Å²) in [4.78, 5) is 13.8. The largest absolute Gasteiger partial charge is 0.465 e. The van der Waals surface area contributed by atoms with Gasteiger partial charge in [-0.2, -0.15) is 5.10 Å². The highest BCUT2D eigenvalue weighted by Crippen LogP contribution is 2.40. The van der Waals surface area contributed by atoms with Crippen LogP contribution < -0.4 is 10.6 Å². The SMILES string of the molecule is COC(=O)c1c(NC(=S)Nc2c(C)nn(Cc3ccc(F)cc3)c2C)sc2c1CC[C@@H](C)C2. The lowest BCUT2D eigenvalue weighted by Gasteiger charge is -2.18. The molecular weight excluding hydrogens is 459 g/mol. The predicted octanol–water partition coefficient (Wildman–Crippen LogP) is 5.47. The van der Waals surface area contributed by atoms with Crippen molar-refractivity contribution >= 4 is 45.3 Å². The van der Waals surface area contributed by atoms with Crippen LogP contribution in [0.4, 0.5) is 15.1 Å². The number of thiophene rings is 1. The van der Waals surface area contributed by atoms with Crippen molar-refractivity contribution in [3.05, 3.63) is 63.0 Å². The molecule has 9 heteroatoms. The fraction of sp³-hybridized carbons (Fsp3) is 0.375. The number of hydrogen-bond acceptors (Lipinski definition) is 5. The van der Waals surface area contributed by atoms with Crippen LogP contribution in [0.15, 0.2) is 24.3 Å². The maximum Gasteiger partial charge on any atom is 0.341 e. The lowest BCUT2D eigenvalue weighted by molar-refractivity contribution is 0.0601. The van der Waals surface area contributed by atoms with Crippen molar-refractivity contribution in [2.75, 3.05) is 17.7 Å². The Balaban J connectivity index is 1.53. The van der Waals surface area contributed by atoms with Crippen LogP contribution in [0.25, 0.3) is 0 Å². The molecule has 1 aromatic carbocycles. The van der Waals surface area contributed by atoms with E-state index in [0.717, 1.165) is 47.5 Å². The first-order valence-corrected chi connectivity index (χ1v) is 12.1. The van der Waals surface area contributed by atoms with Crippen molar-refractivity contribution < 1.29 is 13.9 Å². The Labute approximate surface area is 202 Å². The minimum atomic E-state index is -0.341. The third-order valence-electron chi connectivity index (χ3n) is 5.99. The fourth-order valence-electron chi connectivity index (χ4n) is 4.20. The summed E-state index contributed by atoms with van der Waals surface area (Å²) < 4.78 is 20.1. The Bertz CT molecular complexity index is 1200. The van der Waals surface area contributed by atoms with Crippen LogP contribution in [0.5, 0.6) is 0 Å². The lowest BCUT2D eigenvalue weighted by Crippen LogP contribution is -2.21. The number of methoxy groups -OCH3 is 1. The zero-order valence-electron chi connectivity index (χ0n) is 19.1. The summed E-state index contributed by atoms with van der Waals surface area (Å²) in [5, 5.41) is 12.2. The average molecular weight is 487 g/mol. The molecule has 0 spiro atoms. The van der Waals surface area contributed by atoms with Crippen LogP contribution in [0, 0.1) is 25.6 Å². The van der Waals surface area contributed by atoms with E-state index < -0.39 is 0 Å². The summed E-state index contributed by atoms with van der Waals surface area (Å²) in [6.45, 7) is 6.62. The summed E-state index contributed by atoms with van der Waals surface area (Å²) in [5.74, 6) is -0.00872. The Morgan fingerprint density at radius 3 is 2.73 bits per heavy atom. The normalized spacial score (nSPS) is 15.1. The number of benzene rings is 1. The number of aryl methyl sites for hydroxylation is 1. The van der Waals surface area contributed by atoms with E-state index in [4.69, 9.17) is 17.0 Å². The summed E-state index contributed by atoms with van der Waals surface area (Å²) in [7, 11) is 1.40. The molecule has 0 saturated heterocycles. The lowest BCUT2D eigenvalue weighted by atomic mass is 9.88. The van der Waals surface area contributed by atoms with E-state index in [9.17, 15) is 9.18 Å². The minimum Gasteiger partial charge on any atom is -0.465 e. The van der Waals surface area contributed by atoms with Gasteiger partial charge in [-0.1, -0.05) is 19.1 Å². The second kappa shape index (κ2) is 9.61. The highest BCUT2D eigenvalue weighted by molar-refractivity contribution is 7.80. The van der Waals surface area contributed by atoms with Crippen LogP contribution in [0.2, 0.25) is 0 Å². The van der Waals surface area contributed by atoms with Gasteiger partial charge in [-0.15, -0.1) is 11.3 Å². The van der Waals surface area contributed by atoms with Crippen molar-refractivity contribution in [1.82, 2.24) is 9.78 Å². The molecule has 0 aliphatic heterocycles. The maximum atomic E-state index is 13.2. The topological polar surface area (TPSA) is 68.2 Å². The van der Waals surface area contributed by atoms with Gasteiger partial charge in [-0.3, -0.25) is 4.68 Å². The number of carbonyl (C=O) groups is 1. The molecule has 0 fully saturated rings. The number of fused-ring (bicyclic) bond motifs is 1. The molecule has 0 unspecified atom stereocenters. The van der Waals surface area contributed by atoms with E-state index in [0.29, 0.717) is 28.1 Å². The van der Waals surface area contributed by atoms with Crippen LogP contribution in [0.3, 0.4) is 0 Å². The highest BCUT2D eigenvalue weighted by Gasteiger charge is 2.28. The first-order chi connectivity index (χ1) is 15.8. The molecule has 0 saturated carbocycles. The maximum absolute atomic E-state index is 13.2. The number of thiocarbonyl (C=S) groups is 1. The summed E-state index contributed by atoms with van der Waals surface area (Å²) in [6.07, 6.45) is 2.88. The molecule has 0 radical (unpaired) electrons. The number of rotatable bonds is 5. The number of esters is 1. The molecule has 33 heavy (non-hydrogen) atoms. The van der Waals surface area contributed by atoms with E-state index in [2.05, 4.69) is 22.7 Å². The molecule has 1 aliphatic rings. The van der Waals surface area contributed by atoms with E-state index in [1.807, 2.05) is 18.5 Å². The van der Waals surface area contributed by atoms with E-state index in [-0.39, 0.29) is 11.8 Å². The number of nitrogens with one attached hydrogen (secondary N) is 2. The Kier molecular flexibility index (Phi) is 6.81. The van der Waals surface area contributed by atoms with Gasteiger partial charge in [0.1, 0.15) is 10.8 Å². The van der Waals surface area contributed by atoms with Crippen molar-refractivity contribution in [2.45, 2.75) is 46.6 Å². The number of aromatic nitrogens is 2. The van der Waals surface area contributed by atoms with Crippen LogP contribution in [0.1, 0.15) is 51.1 Å². The standard InChI is InChI=1S/C24H27FN4O2S2/c1-13-5-10-18-19(11-13)33-22(20(18)23(30)31-4)27-24(32)26-21-14(2)28-29(15(21)3)12-16-6-8-17(25)9-7-16/h6-9,13H,5,10-12H2,1-4H3,(H2,26,27,32)/t13-/m1/s1. The van der Waals surface area contributed by atoms with Crippen molar-refractivity contribution in [3.63, 3.8) is 0 Å². The molecule has 2 aromatic heterocycles. The molecule has 6 nitrogen and oxygen atoms in total. The first-order valence-electron chi connectivity index (χ1n) is 10.9. The number of hydrogen-bond donors (Lipinski definition) is 2. The van der Waals surface area contributed by atoms with Crippen molar-refractivity contribution in [2.24, 2.45) is 5.92 Å². The van der Waals surface area contributed by atoms with Gasteiger partial charge in [0.05, 0.1) is 36.3 Å². The zero-order valence-corrected chi connectivity index (χ0v) is 20.8. The van der Waals surface area contributed by atoms with Gasteiger partial charge in [0.15, 0.2) is 5.11 Å². The number of carbonyl (C=O) groups excluding carboxylic acids is 1. The van der Waals surface area contributed by atoms with E-state index >= 15 is 0 Å². The first kappa shape index (κ1) is 23.4. The Morgan fingerprint density at radius 1 is 1.30 bits per heavy atom. The second-order valence-corrected chi connectivity index (χ2v) is 9.97. The second-order valence-electron chi connectivity index (χ2n) is 8.46. The molecule has 174 valence electrons. The number of ether oxygens (including phenoxy) is 1. The molecular formula is C24H27FN4O2S2. The van der Waals surface area contributed by atoms with Gasteiger partial charge in [0, 0.05) is 4.88 Å². The van der Waals surface area contributed by atoms with Crippen molar-refractivity contribution in [1.29, 1.82) is 0 Å². The van der Waals surface area contributed by atoms with Gasteiger partial charge in [-0.25, -0.2) is 9.18 Å². The summed E-state index contributed by atoms with van der Waals surface area (Å²) >= 11 is 7.16. The number of halogens is 1. The molecule has 3 aromatic rings. The highest BCUT2D eigenvalue weighted by atomic mass is 32.1. The third-order valence-corrected chi connectivity index (χ3v) is 7.37. The predicted molar refractivity (Wildman–Crippen MR) is 134 cm³/mol. The third kappa shape index (κ3) is 4.94.